The smallest absolute Gasteiger partial charge is 0.319 e. The van der Waals surface area contributed by atoms with Gasteiger partial charge < -0.3 is 20.7 Å². The van der Waals surface area contributed by atoms with Crippen LogP contribution in [0.5, 0.6) is 5.75 Å². The van der Waals surface area contributed by atoms with E-state index in [0.29, 0.717) is 27.7 Å². The topological polar surface area (TPSA) is 79.5 Å². The Kier molecular flexibility index (Phi) is 5.33. The molecule has 1 aliphatic rings. The average Bonchev–Trinajstić information content (AvgIpc) is 2.73. The Morgan fingerprint density at radius 1 is 1.07 bits per heavy atom. The second-order valence-corrected chi connectivity index (χ2v) is 7.37. The maximum absolute atomic E-state index is 13.3. The van der Waals surface area contributed by atoms with Crippen LogP contribution in [0.15, 0.2) is 71.9 Å². The number of amides is 3. The van der Waals surface area contributed by atoms with E-state index in [1.807, 2.05) is 36.4 Å². The number of allylic oxidation sites excluding steroid dienone is 1. The summed E-state index contributed by atoms with van der Waals surface area (Å²) in [5.74, 6) is 0.257. The molecule has 3 aromatic rings. The highest BCUT2D eigenvalue weighted by atomic mass is 35.5. The molecule has 0 saturated heterocycles. The Hall–Kier alpha value is -3.51. The predicted molar refractivity (Wildman–Crippen MR) is 118 cm³/mol. The SMILES string of the molecule is COc1ccc2ccccc2c1C1NC(=O)NC(C)=C1C(=O)Nc1ccc(Cl)cc1. The van der Waals surface area contributed by atoms with Gasteiger partial charge >= 0.3 is 6.03 Å². The van der Waals surface area contributed by atoms with E-state index in [1.54, 1.807) is 38.3 Å². The maximum Gasteiger partial charge on any atom is 0.319 e. The lowest BCUT2D eigenvalue weighted by Gasteiger charge is -2.30. The van der Waals surface area contributed by atoms with Gasteiger partial charge in [-0.3, -0.25) is 4.79 Å². The number of halogens is 1. The van der Waals surface area contributed by atoms with E-state index >= 15 is 0 Å². The van der Waals surface area contributed by atoms with Crippen molar-refractivity contribution in [3.8, 4) is 5.75 Å². The molecular formula is C23H20ClN3O3. The summed E-state index contributed by atoms with van der Waals surface area (Å²) in [5, 5.41) is 10.9. The van der Waals surface area contributed by atoms with Crippen LogP contribution in [-0.4, -0.2) is 19.0 Å². The highest BCUT2D eigenvalue weighted by molar-refractivity contribution is 6.30. The lowest BCUT2D eigenvalue weighted by atomic mass is 9.90. The second kappa shape index (κ2) is 8.08. The van der Waals surface area contributed by atoms with E-state index in [-0.39, 0.29) is 11.9 Å². The van der Waals surface area contributed by atoms with Gasteiger partial charge in [0, 0.05) is 22.0 Å². The Labute approximate surface area is 178 Å². The number of carbonyl (C=O) groups is 2. The van der Waals surface area contributed by atoms with Crippen LogP contribution in [0.25, 0.3) is 10.8 Å². The molecule has 0 saturated carbocycles. The first-order valence-electron chi connectivity index (χ1n) is 9.39. The van der Waals surface area contributed by atoms with Gasteiger partial charge in [-0.1, -0.05) is 41.9 Å². The fourth-order valence-electron chi connectivity index (χ4n) is 3.69. The van der Waals surface area contributed by atoms with E-state index in [9.17, 15) is 9.59 Å². The summed E-state index contributed by atoms with van der Waals surface area (Å²) in [5.41, 5.74) is 2.21. The van der Waals surface area contributed by atoms with Crippen molar-refractivity contribution >= 4 is 40.0 Å². The van der Waals surface area contributed by atoms with Crippen LogP contribution in [0.3, 0.4) is 0 Å². The van der Waals surface area contributed by atoms with Gasteiger partial charge in [-0.05, 0) is 48.0 Å². The van der Waals surface area contributed by atoms with Gasteiger partial charge in [0.25, 0.3) is 5.91 Å². The maximum atomic E-state index is 13.3. The predicted octanol–water partition coefficient (Wildman–Crippen LogP) is 4.77. The van der Waals surface area contributed by atoms with E-state index in [1.165, 1.54) is 0 Å². The fraction of sp³-hybridized carbons (Fsp3) is 0.130. The Balaban J connectivity index is 1.82. The lowest BCUT2D eigenvalue weighted by molar-refractivity contribution is -0.113. The summed E-state index contributed by atoms with van der Waals surface area (Å²) in [4.78, 5) is 25.6. The van der Waals surface area contributed by atoms with E-state index in [0.717, 1.165) is 16.3 Å². The molecule has 0 spiro atoms. The van der Waals surface area contributed by atoms with Crippen LogP contribution >= 0.6 is 11.6 Å². The number of ether oxygens (including phenoxy) is 1. The van der Waals surface area contributed by atoms with Gasteiger partial charge in [-0.15, -0.1) is 0 Å². The third-order valence-corrected chi connectivity index (χ3v) is 5.31. The van der Waals surface area contributed by atoms with Crippen molar-refractivity contribution < 1.29 is 14.3 Å². The van der Waals surface area contributed by atoms with E-state index in [4.69, 9.17) is 16.3 Å². The molecule has 152 valence electrons. The molecule has 1 unspecified atom stereocenters. The Bertz CT molecular complexity index is 1170. The molecule has 0 aromatic heterocycles. The van der Waals surface area contributed by atoms with Gasteiger partial charge in [0.05, 0.1) is 18.7 Å². The van der Waals surface area contributed by atoms with Crippen molar-refractivity contribution in [3.63, 3.8) is 0 Å². The minimum absolute atomic E-state index is 0.331. The molecule has 3 aromatic carbocycles. The van der Waals surface area contributed by atoms with E-state index in [2.05, 4.69) is 16.0 Å². The Morgan fingerprint density at radius 3 is 2.53 bits per heavy atom. The highest BCUT2D eigenvalue weighted by Gasteiger charge is 2.34. The molecule has 1 heterocycles. The molecule has 0 bridgehead atoms. The number of hydrogen-bond donors (Lipinski definition) is 3. The third-order valence-electron chi connectivity index (χ3n) is 5.06. The summed E-state index contributed by atoms with van der Waals surface area (Å²) in [7, 11) is 1.57. The van der Waals surface area contributed by atoms with Gasteiger partial charge in [0.1, 0.15) is 5.75 Å². The average molecular weight is 422 g/mol. The molecule has 3 N–H and O–H groups in total. The second-order valence-electron chi connectivity index (χ2n) is 6.93. The van der Waals surface area contributed by atoms with Crippen molar-refractivity contribution in [2.75, 3.05) is 12.4 Å². The van der Waals surface area contributed by atoms with Crippen molar-refractivity contribution in [2.45, 2.75) is 13.0 Å². The quantitative estimate of drug-likeness (QED) is 0.567. The zero-order valence-electron chi connectivity index (χ0n) is 16.5. The largest absolute Gasteiger partial charge is 0.496 e. The molecule has 6 nitrogen and oxygen atoms in total. The van der Waals surface area contributed by atoms with Gasteiger partial charge in [-0.25, -0.2) is 4.79 Å². The number of rotatable bonds is 4. The number of methoxy groups -OCH3 is 1. The molecule has 0 aliphatic carbocycles. The molecule has 1 atom stereocenters. The lowest BCUT2D eigenvalue weighted by Crippen LogP contribution is -2.46. The van der Waals surface area contributed by atoms with Crippen LogP contribution in [0.4, 0.5) is 10.5 Å². The zero-order chi connectivity index (χ0) is 21.3. The van der Waals surface area contributed by atoms with Gasteiger partial charge in [0.15, 0.2) is 0 Å². The van der Waals surface area contributed by atoms with Crippen molar-refractivity contribution in [2.24, 2.45) is 0 Å². The summed E-state index contributed by atoms with van der Waals surface area (Å²) in [6, 6.07) is 17.3. The fourth-order valence-corrected chi connectivity index (χ4v) is 3.82. The standard InChI is InChI=1S/C23H20ClN3O3/c1-13-19(22(28)26-16-10-8-15(24)9-11-16)21(27-23(29)25-13)20-17-6-4-3-5-14(17)7-12-18(20)30-2/h3-12,21H,1-2H3,(H,26,28)(H2,25,27,29). The summed E-state index contributed by atoms with van der Waals surface area (Å²) in [6.45, 7) is 1.71. The number of benzene rings is 3. The molecule has 30 heavy (non-hydrogen) atoms. The van der Waals surface area contributed by atoms with Crippen LogP contribution in [-0.2, 0) is 4.79 Å². The first-order chi connectivity index (χ1) is 14.5. The first-order valence-corrected chi connectivity index (χ1v) is 9.76. The number of nitrogens with one attached hydrogen (secondary N) is 3. The van der Waals surface area contributed by atoms with Crippen LogP contribution in [0, 0.1) is 0 Å². The molecule has 0 radical (unpaired) electrons. The highest BCUT2D eigenvalue weighted by Crippen LogP contribution is 2.38. The number of urea groups is 1. The number of carbonyl (C=O) groups excluding carboxylic acids is 2. The number of fused-ring (bicyclic) bond motifs is 1. The molecule has 7 heteroatoms. The number of anilines is 1. The molecule has 0 fully saturated rings. The van der Waals surface area contributed by atoms with Crippen LogP contribution in [0.1, 0.15) is 18.5 Å². The number of hydrogen-bond acceptors (Lipinski definition) is 3. The summed E-state index contributed by atoms with van der Waals surface area (Å²) in [6.07, 6.45) is 0. The van der Waals surface area contributed by atoms with E-state index < -0.39 is 6.04 Å². The Morgan fingerprint density at radius 2 is 1.80 bits per heavy atom. The summed E-state index contributed by atoms with van der Waals surface area (Å²) >= 11 is 5.93. The van der Waals surface area contributed by atoms with Crippen LogP contribution < -0.4 is 20.7 Å². The normalized spacial score (nSPS) is 16.1. The van der Waals surface area contributed by atoms with Gasteiger partial charge in [0.2, 0.25) is 0 Å². The van der Waals surface area contributed by atoms with Crippen LogP contribution in [0.2, 0.25) is 5.02 Å². The molecule has 3 amide bonds. The minimum Gasteiger partial charge on any atom is -0.496 e. The monoisotopic (exact) mass is 421 g/mol. The molecular weight excluding hydrogens is 402 g/mol. The first kappa shape index (κ1) is 19.8. The van der Waals surface area contributed by atoms with Crippen molar-refractivity contribution in [1.29, 1.82) is 0 Å². The zero-order valence-corrected chi connectivity index (χ0v) is 17.2. The van der Waals surface area contributed by atoms with Crippen molar-refractivity contribution in [1.82, 2.24) is 10.6 Å². The molecule has 1 aliphatic heterocycles. The van der Waals surface area contributed by atoms with Crippen molar-refractivity contribution in [3.05, 3.63) is 82.5 Å². The summed E-state index contributed by atoms with van der Waals surface area (Å²) < 4.78 is 5.60. The minimum atomic E-state index is -0.688. The molecule has 4 rings (SSSR count). The third kappa shape index (κ3) is 3.69. The van der Waals surface area contributed by atoms with Gasteiger partial charge in [-0.2, -0.15) is 0 Å².